The Morgan fingerprint density at radius 1 is 0.909 bits per heavy atom. The average molecular weight is 439 g/mol. The summed E-state index contributed by atoms with van der Waals surface area (Å²) >= 11 is 0. The van der Waals surface area contributed by atoms with Crippen molar-refractivity contribution in [1.29, 1.82) is 0 Å². The van der Waals surface area contributed by atoms with Gasteiger partial charge in [-0.3, -0.25) is 9.59 Å². The molecule has 1 amide bonds. The summed E-state index contributed by atoms with van der Waals surface area (Å²) in [4.78, 5) is 29.0. The molecule has 0 spiro atoms. The molecule has 4 aromatic rings. The van der Waals surface area contributed by atoms with Crippen LogP contribution in [-0.2, 0) is 17.8 Å². The van der Waals surface area contributed by atoms with E-state index >= 15 is 0 Å². The van der Waals surface area contributed by atoms with E-state index < -0.39 is 0 Å². The van der Waals surface area contributed by atoms with Gasteiger partial charge in [0.15, 0.2) is 5.82 Å². The van der Waals surface area contributed by atoms with Crippen LogP contribution in [0.1, 0.15) is 27.3 Å². The standard InChI is InChI=1S/C27H22FN3O2/c28-23-11-13-24(14-12-23)30-26(33)18-21-8-6-20(7-9-21)10-15-25(32)27-29-16-17-31(27)19-22-4-2-1-3-5-22/h1-17H,18-19H2,(H,30,33)/b15-10+. The van der Waals surface area contributed by atoms with Crippen LogP contribution in [0.4, 0.5) is 10.1 Å². The largest absolute Gasteiger partial charge is 0.326 e. The molecule has 0 unspecified atom stereocenters. The maximum absolute atomic E-state index is 13.0. The van der Waals surface area contributed by atoms with Crippen LogP contribution in [0.3, 0.4) is 0 Å². The predicted molar refractivity (Wildman–Crippen MR) is 126 cm³/mol. The molecular weight excluding hydrogens is 417 g/mol. The molecule has 1 aromatic heterocycles. The first kappa shape index (κ1) is 21.9. The molecule has 33 heavy (non-hydrogen) atoms. The number of ketones is 1. The molecule has 0 atom stereocenters. The van der Waals surface area contributed by atoms with Crippen LogP contribution in [-0.4, -0.2) is 21.2 Å². The maximum atomic E-state index is 13.0. The van der Waals surface area contributed by atoms with Crippen molar-refractivity contribution in [2.75, 3.05) is 5.32 Å². The minimum Gasteiger partial charge on any atom is -0.326 e. The molecule has 1 heterocycles. The summed E-state index contributed by atoms with van der Waals surface area (Å²) in [6, 6.07) is 22.9. The van der Waals surface area contributed by atoms with E-state index in [0.29, 0.717) is 18.1 Å². The van der Waals surface area contributed by atoms with Crippen molar-refractivity contribution < 1.29 is 14.0 Å². The van der Waals surface area contributed by atoms with Crippen molar-refractivity contribution in [2.24, 2.45) is 0 Å². The van der Waals surface area contributed by atoms with Crippen molar-refractivity contribution in [3.8, 4) is 0 Å². The third-order valence-corrected chi connectivity index (χ3v) is 5.03. The van der Waals surface area contributed by atoms with Crippen molar-refractivity contribution in [2.45, 2.75) is 13.0 Å². The van der Waals surface area contributed by atoms with Crippen LogP contribution >= 0.6 is 0 Å². The fourth-order valence-electron chi connectivity index (χ4n) is 3.36. The second kappa shape index (κ2) is 10.3. The summed E-state index contributed by atoms with van der Waals surface area (Å²) in [5, 5.41) is 2.74. The van der Waals surface area contributed by atoms with Gasteiger partial charge in [-0.15, -0.1) is 0 Å². The highest BCUT2D eigenvalue weighted by molar-refractivity contribution is 6.04. The molecule has 5 nitrogen and oxygen atoms in total. The number of rotatable bonds is 8. The average Bonchev–Trinajstić information content (AvgIpc) is 3.29. The lowest BCUT2D eigenvalue weighted by Crippen LogP contribution is -2.14. The van der Waals surface area contributed by atoms with Gasteiger partial charge in [0, 0.05) is 24.6 Å². The number of imidazole rings is 1. The Labute approximate surface area is 191 Å². The fourth-order valence-corrected chi connectivity index (χ4v) is 3.36. The Morgan fingerprint density at radius 3 is 2.36 bits per heavy atom. The monoisotopic (exact) mass is 439 g/mol. The third kappa shape index (κ3) is 6.11. The summed E-state index contributed by atoms with van der Waals surface area (Å²) in [6.07, 6.45) is 6.83. The summed E-state index contributed by atoms with van der Waals surface area (Å²) in [5.41, 5.74) is 3.31. The van der Waals surface area contributed by atoms with Crippen LogP contribution in [0, 0.1) is 5.82 Å². The maximum Gasteiger partial charge on any atom is 0.228 e. The zero-order valence-corrected chi connectivity index (χ0v) is 17.8. The van der Waals surface area contributed by atoms with Gasteiger partial charge in [-0.1, -0.05) is 60.7 Å². The minimum atomic E-state index is -0.352. The molecule has 0 bridgehead atoms. The van der Waals surface area contributed by atoms with Gasteiger partial charge in [0.05, 0.1) is 6.42 Å². The second-order valence-corrected chi connectivity index (χ2v) is 7.54. The fraction of sp³-hybridized carbons (Fsp3) is 0.0741. The highest BCUT2D eigenvalue weighted by Gasteiger charge is 2.10. The highest BCUT2D eigenvalue weighted by atomic mass is 19.1. The SMILES string of the molecule is O=C(Cc1ccc(/C=C/C(=O)c2nccn2Cc2ccccc2)cc1)Nc1ccc(F)cc1. The van der Waals surface area contributed by atoms with E-state index in [4.69, 9.17) is 0 Å². The zero-order chi connectivity index (χ0) is 23.0. The first-order valence-corrected chi connectivity index (χ1v) is 10.5. The Bertz CT molecular complexity index is 1260. The van der Waals surface area contributed by atoms with Gasteiger partial charge < -0.3 is 9.88 Å². The number of hydrogen-bond acceptors (Lipinski definition) is 3. The molecule has 0 aliphatic heterocycles. The van der Waals surface area contributed by atoms with E-state index in [0.717, 1.165) is 16.7 Å². The third-order valence-electron chi connectivity index (χ3n) is 5.03. The van der Waals surface area contributed by atoms with Crippen LogP contribution < -0.4 is 5.32 Å². The predicted octanol–water partition coefficient (Wildman–Crippen LogP) is 5.15. The van der Waals surface area contributed by atoms with Gasteiger partial charge in [-0.25, -0.2) is 9.37 Å². The van der Waals surface area contributed by atoms with Crippen LogP contribution in [0.25, 0.3) is 6.08 Å². The molecule has 164 valence electrons. The van der Waals surface area contributed by atoms with Gasteiger partial charge in [0.25, 0.3) is 0 Å². The molecular formula is C27H22FN3O2. The Hall–Kier alpha value is -4.32. The second-order valence-electron chi connectivity index (χ2n) is 7.54. The molecule has 1 N–H and O–H groups in total. The zero-order valence-electron chi connectivity index (χ0n) is 17.8. The van der Waals surface area contributed by atoms with Crippen molar-refractivity contribution in [3.05, 3.63) is 126 Å². The summed E-state index contributed by atoms with van der Waals surface area (Å²) in [6.45, 7) is 0.574. The quantitative estimate of drug-likeness (QED) is 0.305. The van der Waals surface area contributed by atoms with E-state index in [-0.39, 0.29) is 23.9 Å². The number of allylic oxidation sites excluding steroid dienone is 1. The molecule has 0 radical (unpaired) electrons. The highest BCUT2D eigenvalue weighted by Crippen LogP contribution is 2.12. The molecule has 3 aromatic carbocycles. The van der Waals surface area contributed by atoms with Crippen molar-refractivity contribution >= 4 is 23.5 Å². The lowest BCUT2D eigenvalue weighted by molar-refractivity contribution is -0.115. The van der Waals surface area contributed by atoms with Gasteiger partial charge in [0.2, 0.25) is 11.7 Å². The van der Waals surface area contributed by atoms with E-state index in [1.54, 1.807) is 18.5 Å². The lowest BCUT2D eigenvalue weighted by Gasteiger charge is -2.06. The van der Waals surface area contributed by atoms with Gasteiger partial charge >= 0.3 is 0 Å². The van der Waals surface area contributed by atoms with E-state index in [1.165, 1.54) is 30.3 Å². The molecule has 0 saturated heterocycles. The number of anilines is 1. The van der Waals surface area contributed by atoms with Gasteiger partial charge in [0.1, 0.15) is 5.82 Å². The first-order chi connectivity index (χ1) is 16.1. The van der Waals surface area contributed by atoms with Crippen LogP contribution in [0.2, 0.25) is 0 Å². The summed E-state index contributed by atoms with van der Waals surface area (Å²) in [7, 11) is 0. The molecule has 0 fully saturated rings. The summed E-state index contributed by atoms with van der Waals surface area (Å²) < 4.78 is 14.8. The van der Waals surface area contributed by atoms with Gasteiger partial charge in [-0.05, 0) is 47.0 Å². The Balaban J connectivity index is 1.34. The number of nitrogens with zero attached hydrogens (tertiary/aromatic N) is 2. The number of carbonyl (C=O) groups is 2. The number of amides is 1. The Morgan fingerprint density at radius 2 is 1.64 bits per heavy atom. The van der Waals surface area contributed by atoms with Gasteiger partial charge in [-0.2, -0.15) is 0 Å². The number of aromatic nitrogens is 2. The topological polar surface area (TPSA) is 64.0 Å². The van der Waals surface area contributed by atoms with Crippen LogP contribution in [0.5, 0.6) is 0 Å². The van der Waals surface area contributed by atoms with E-state index in [2.05, 4.69) is 10.3 Å². The lowest BCUT2D eigenvalue weighted by atomic mass is 10.1. The van der Waals surface area contributed by atoms with Crippen molar-refractivity contribution in [1.82, 2.24) is 9.55 Å². The normalized spacial score (nSPS) is 10.9. The Kier molecular flexibility index (Phi) is 6.85. The molecule has 0 saturated carbocycles. The number of hydrogen-bond donors (Lipinski definition) is 1. The number of carbonyl (C=O) groups excluding carboxylic acids is 2. The molecule has 0 aliphatic carbocycles. The molecule has 6 heteroatoms. The number of halogens is 1. The van der Waals surface area contributed by atoms with E-state index in [9.17, 15) is 14.0 Å². The van der Waals surface area contributed by atoms with E-state index in [1.807, 2.05) is 59.2 Å². The molecule has 4 rings (SSSR count). The summed E-state index contributed by atoms with van der Waals surface area (Å²) in [5.74, 6) is -0.344. The number of benzene rings is 3. The smallest absolute Gasteiger partial charge is 0.228 e. The molecule has 0 aliphatic rings. The van der Waals surface area contributed by atoms with Crippen LogP contribution in [0.15, 0.2) is 97.3 Å². The van der Waals surface area contributed by atoms with Crippen molar-refractivity contribution in [3.63, 3.8) is 0 Å². The minimum absolute atomic E-state index is 0.182. The first-order valence-electron chi connectivity index (χ1n) is 10.5. The number of nitrogens with one attached hydrogen (secondary N) is 1.